The fraction of sp³-hybridized carbons (Fsp3) is 1.00. The van der Waals surface area contributed by atoms with Gasteiger partial charge in [0.05, 0.1) is 0 Å². The average Bonchev–Trinajstić information content (AvgIpc) is 1.73. The summed E-state index contributed by atoms with van der Waals surface area (Å²) in [5.74, 6) is 0. The van der Waals surface area contributed by atoms with Crippen LogP contribution in [-0.4, -0.2) is 10.3 Å². The van der Waals surface area contributed by atoms with Crippen LogP contribution < -0.4 is 0 Å². The molecule has 1 aliphatic heterocycles. The smallest absolute Gasteiger partial charge is 0.000683 e. The fourth-order valence-corrected chi connectivity index (χ4v) is 1.17. The van der Waals surface area contributed by atoms with Crippen LogP contribution in [0.25, 0.3) is 0 Å². The Hall–Kier alpha value is 0.290. The van der Waals surface area contributed by atoms with Crippen molar-refractivity contribution in [3.8, 4) is 0 Å². The Kier molecular flexibility index (Phi) is 0.682. The number of alkyl halides is 2. The van der Waals surface area contributed by atoms with Crippen molar-refractivity contribution in [3.05, 3.63) is 0 Å². The molecule has 0 saturated carbocycles. The molecule has 0 amide bonds. The molecule has 0 aromatic rings. The summed E-state index contributed by atoms with van der Waals surface area (Å²) in [7, 11) is 2.46. The lowest BCUT2D eigenvalue weighted by Gasteiger charge is -1.72. The Labute approximate surface area is 42.7 Å². The maximum atomic E-state index is 2.46. The second-order valence-electron chi connectivity index (χ2n) is 2.29. The molecule has 0 N–H and O–H groups in total. The number of rotatable bonds is 0. The summed E-state index contributed by atoms with van der Waals surface area (Å²) in [5, 5.41) is 0.859. The molecule has 1 fully saturated rings. The van der Waals surface area contributed by atoms with Crippen LogP contribution >= 0.6 is 0 Å². The normalized spacial score (nSPS) is 39.5. The van der Waals surface area contributed by atoms with Gasteiger partial charge in [-0.2, -0.15) is 0 Å². The lowest BCUT2D eigenvalue weighted by Crippen LogP contribution is -1.97. The van der Waals surface area contributed by atoms with Gasteiger partial charge in [-0.1, -0.05) is 0 Å². The van der Waals surface area contributed by atoms with Gasteiger partial charge >= 0.3 is 0 Å². The zero-order valence-electron chi connectivity index (χ0n) is 4.46. The molecule has 0 spiro atoms. The van der Waals surface area contributed by atoms with Crippen molar-refractivity contribution in [1.29, 1.82) is 0 Å². The SMILES string of the molecule is CC1[Cl+]C1(C)C. The predicted octanol–water partition coefficient (Wildman–Crippen LogP) is 1.25. The minimum atomic E-state index is 0.569. The molecule has 1 saturated heterocycles. The van der Waals surface area contributed by atoms with Crippen molar-refractivity contribution in [2.75, 3.05) is 0 Å². The Morgan fingerprint density at radius 2 is 1.67 bits per heavy atom. The van der Waals surface area contributed by atoms with E-state index in [0.717, 1.165) is 5.38 Å². The second-order valence-corrected chi connectivity index (χ2v) is 4.14. The average molecular weight is 106 g/mol. The van der Waals surface area contributed by atoms with E-state index in [-0.39, 0.29) is 0 Å². The summed E-state index contributed by atoms with van der Waals surface area (Å²) in [5.41, 5.74) is 0. The van der Waals surface area contributed by atoms with Gasteiger partial charge in [0.25, 0.3) is 0 Å². The molecule has 0 nitrogen and oxygen atoms in total. The first-order valence-electron chi connectivity index (χ1n) is 2.27. The molecule has 0 bridgehead atoms. The van der Waals surface area contributed by atoms with E-state index in [9.17, 15) is 0 Å². The summed E-state index contributed by atoms with van der Waals surface area (Å²) >= 11 is 0. The van der Waals surface area contributed by atoms with E-state index >= 15 is 0 Å². The van der Waals surface area contributed by atoms with Crippen LogP contribution in [-0.2, 0) is 0 Å². The molecule has 0 aromatic carbocycles. The lowest BCUT2D eigenvalue weighted by molar-refractivity contribution is -0.532. The minimum Gasteiger partial charge on any atom is -0.000683 e. The zero-order chi connectivity index (χ0) is 4.78. The Balaban J connectivity index is 2.41. The Morgan fingerprint density at radius 1 is 1.50 bits per heavy atom. The molecule has 36 valence electrons. The van der Waals surface area contributed by atoms with E-state index in [2.05, 4.69) is 31.6 Å². The topological polar surface area (TPSA) is 0 Å². The third-order valence-electron chi connectivity index (χ3n) is 1.34. The molecular formula is C5H10Cl+. The summed E-state index contributed by atoms with van der Waals surface area (Å²) < 4.78 is 0. The number of hydrogen-bond acceptors (Lipinski definition) is 0. The second kappa shape index (κ2) is 0.919. The first-order valence-corrected chi connectivity index (χ1v) is 3.09. The molecular weight excluding hydrogens is 95.5 g/mol. The Morgan fingerprint density at radius 3 is 1.67 bits per heavy atom. The summed E-state index contributed by atoms with van der Waals surface area (Å²) in [6.45, 7) is 6.75. The molecule has 1 aliphatic rings. The highest BCUT2D eigenvalue weighted by Gasteiger charge is 2.63. The zero-order valence-corrected chi connectivity index (χ0v) is 5.21. The minimum absolute atomic E-state index is 0.569. The van der Waals surface area contributed by atoms with E-state index in [4.69, 9.17) is 0 Å². The molecule has 1 rings (SSSR count). The molecule has 0 aliphatic carbocycles. The van der Waals surface area contributed by atoms with Gasteiger partial charge < -0.3 is 0 Å². The first kappa shape index (κ1) is 4.45. The third kappa shape index (κ3) is 0.538. The van der Waals surface area contributed by atoms with Crippen molar-refractivity contribution in [2.24, 2.45) is 0 Å². The third-order valence-corrected chi connectivity index (χ3v) is 2.87. The molecule has 1 unspecified atom stereocenters. The van der Waals surface area contributed by atoms with Crippen LogP contribution in [0.15, 0.2) is 0 Å². The van der Waals surface area contributed by atoms with Gasteiger partial charge in [0.2, 0.25) is 10.3 Å². The van der Waals surface area contributed by atoms with E-state index < -0.39 is 0 Å². The standard InChI is InChI=1S/C5H10Cl/c1-4-5(2,3)6-4/h4H,1-3H3/q+1. The Bertz CT molecular complexity index is 66.3. The fourth-order valence-electron chi connectivity index (χ4n) is 0.390. The van der Waals surface area contributed by atoms with E-state index in [1.165, 1.54) is 0 Å². The van der Waals surface area contributed by atoms with Crippen LogP contribution in [0.2, 0.25) is 0 Å². The maximum absolute atomic E-state index is 2.46. The lowest BCUT2D eigenvalue weighted by atomic mass is 10.2. The predicted molar refractivity (Wildman–Crippen MR) is 23.5 cm³/mol. The maximum Gasteiger partial charge on any atom is 0.242 e. The van der Waals surface area contributed by atoms with Gasteiger partial charge in [0, 0.05) is 13.8 Å². The van der Waals surface area contributed by atoms with Crippen LogP contribution in [0.5, 0.6) is 0 Å². The van der Waals surface area contributed by atoms with Gasteiger partial charge in [-0.15, -0.1) is 0 Å². The molecule has 0 radical (unpaired) electrons. The van der Waals surface area contributed by atoms with Gasteiger partial charge in [-0.3, -0.25) is 0 Å². The van der Waals surface area contributed by atoms with Crippen molar-refractivity contribution < 1.29 is 10.8 Å². The van der Waals surface area contributed by atoms with E-state index in [1.807, 2.05) is 0 Å². The van der Waals surface area contributed by atoms with Crippen LogP contribution in [0.4, 0.5) is 0 Å². The number of halogens is 1. The number of hydrogen-bond donors (Lipinski definition) is 0. The highest BCUT2D eigenvalue weighted by Crippen LogP contribution is 2.35. The molecule has 1 heteroatoms. The summed E-state index contributed by atoms with van der Waals surface area (Å²) in [6.07, 6.45) is 0. The van der Waals surface area contributed by atoms with Crippen molar-refractivity contribution in [1.82, 2.24) is 0 Å². The van der Waals surface area contributed by atoms with Gasteiger partial charge in [0.15, 0.2) is 0 Å². The highest BCUT2D eigenvalue weighted by molar-refractivity contribution is 4.82. The van der Waals surface area contributed by atoms with Crippen molar-refractivity contribution in [2.45, 2.75) is 31.0 Å². The first-order chi connectivity index (χ1) is 2.63. The van der Waals surface area contributed by atoms with Crippen molar-refractivity contribution in [3.63, 3.8) is 0 Å². The molecule has 6 heavy (non-hydrogen) atoms. The quantitative estimate of drug-likeness (QED) is 0.407. The van der Waals surface area contributed by atoms with Crippen LogP contribution in [0, 0.1) is 10.8 Å². The molecule has 0 aromatic heterocycles. The monoisotopic (exact) mass is 105 g/mol. The van der Waals surface area contributed by atoms with Gasteiger partial charge in [-0.05, 0) is 6.92 Å². The molecule has 1 heterocycles. The largest absolute Gasteiger partial charge is 0.242 e. The van der Waals surface area contributed by atoms with Crippen molar-refractivity contribution >= 4 is 0 Å². The summed E-state index contributed by atoms with van der Waals surface area (Å²) in [4.78, 5) is 0.569. The van der Waals surface area contributed by atoms with Crippen LogP contribution in [0.3, 0.4) is 0 Å². The highest BCUT2D eigenvalue weighted by atomic mass is 35.5. The van der Waals surface area contributed by atoms with Gasteiger partial charge in [0.1, 0.15) is 10.8 Å². The summed E-state index contributed by atoms with van der Waals surface area (Å²) in [6, 6.07) is 0. The molecule has 1 atom stereocenters. The van der Waals surface area contributed by atoms with Crippen LogP contribution in [0.1, 0.15) is 20.8 Å². The van der Waals surface area contributed by atoms with E-state index in [1.54, 1.807) is 0 Å². The van der Waals surface area contributed by atoms with E-state index in [0.29, 0.717) is 4.87 Å². The van der Waals surface area contributed by atoms with Gasteiger partial charge in [-0.25, -0.2) is 0 Å².